The predicted molar refractivity (Wildman–Crippen MR) is 72.4 cm³/mol. The highest BCUT2D eigenvalue weighted by molar-refractivity contribution is 7.87. The lowest BCUT2D eigenvalue weighted by Gasteiger charge is -2.26. The molecule has 18 heavy (non-hydrogen) atoms. The van der Waals surface area contributed by atoms with Crippen molar-refractivity contribution >= 4 is 10.2 Å². The first kappa shape index (κ1) is 14.2. The number of hydrogen-bond donors (Lipinski definition) is 2. The molecule has 2 aliphatic rings. The molecule has 2 heterocycles. The number of hydrogen-bond acceptors (Lipinski definition) is 3. The van der Waals surface area contributed by atoms with Crippen LogP contribution < -0.4 is 10.0 Å². The van der Waals surface area contributed by atoms with Crippen LogP contribution >= 0.6 is 0 Å². The Balaban J connectivity index is 2.08. The van der Waals surface area contributed by atoms with E-state index in [1.165, 1.54) is 0 Å². The van der Waals surface area contributed by atoms with E-state index in [1.807, 2.05) is 13.8 Å². The molecule has 106 valence electrons. The van der Waals surface area contributed by atoms with Gasteiger partial charge in [-0.3, -0.25) is 0 Å². The molecule has 0 aromatic carbocycles. The van der Waals surface area contributed by atoms with Crippen molar-refractivity contribution in [3.05, 3.63) is 0 Å². The Hall–Kier alpha value is -0.170. The van der Waals surface area contributed by atoms with Crippen LogP contribution in [-0.2, 0) is 10.2 Å². The van der Waals surface area contributed by atoms with Gasteiger partial charge in [0.25, 0.3) is 10.2 Å². The van der Waals surface area contributed by atoms with Gasteiger partial charge in [-0.05, 0) is 37.3 Å². The maximum atomic E-state index is 12.3. The summed E-state index contributed by atoms with van der Waals surface area (Å²) in [4.78, 5) is 0. The number of fused-ring (bicyclic) bond motifs is 1. The van der Waals surface area contributed by atoms with Crippen LogP contribution in [-0.4, -0.2) is 44.9 Å². The summed E-state index contributed by atoms with van der Waals surface area (Å²) < 4.78 is 29.1. The zero-order valence-electron chi connectivity index (χ0n) is 11.5. The minimum absolute atomic E-state index is 0.162. The Morgan fingerprint density at radius 2 is 2.11 bits per heavy atom. The molecule has 0 aliphatic carbocycles. The van der Waals surface area contributed by atoms with E-state index in [4.69, 9.17) is 0 Å². The average Bonchev–Trinajstić information content (AvgIpc) is 2.85. The Kier molecular flexibility index (Phi) is 4.31. The van der Waals surface area contributed by atoms with Crippen molar-refractivity contribution in [3.8, 4) is 0 Å². The van der Waals surface area contributed by atoms with E-state index in [1.54, 1.807) is 4.31 Å². The lowest BCUT2D eigenvalue weighted by atomic mass is 9.93. The van der Waals surface area contributed by atoms with Gasteiger partial charge in [0.2, 0.25) is 0 Å². The standard InChI is InChI=1S/C12H25N3O2S/c1-4-12-11-7-13-6-10(11)8-15(12)18(16,17)14-5-9(2)3/h9-14H,4-8H2,1-3H3. The van der Waals surface area contributed by atoms with Crippen LogP contribution in [0.15, 0.2) is 0 Å². The lowest BCUT2D eigenvalue weighted by molar-refractivity contribution is 0.324. The van der Waals surface area contributed by atoms with Gasteiger partial charge in [-0.2, -0.15) is 12.7 Å². The quantitative estimate of drug-likeness (QED) is 0.764. The highest BCUT2D eigenvalue weighted by atomic mass is 32.2. The second kappa shape index (κ2) is 5.45. The summed E-state index contributed by atoms with van der Waals surface area (Å²) in [7, 11) is -3.30. The smallest absolute Gasteiger partial charge is 0.279 e. The fraction of sp³-hybridized carbons (Fsp3) is 1.00. The average molecular weight is 275 g/mol. The van der Waals surface area contributed by atoms with Crippen LogP contribution in [0.1, 0.15) is 27.2 Å². The third kappa shape index (κ3) is 2.71. The third-order valence-corrected chi connectivity index (χ3v) is 5.64. The van der Waals surface area contributed by atoms with E-state index in [-0.39, 0.29) is 6.04 Å². The van der Waals surface area contributed by atoms with Crippen LogP contribution in [0, 0.1) is 17.8 Å². The van der Waals surface area contributed by atoms with Gasteiger partial charge in [0.15, 0.2) is 0 Å². The summed E-state index contributed by atoms with van der Waals surface area (Å²) in [5.41, 5.74) is 0. The van der Waals surface area contributed by atoms with Crippen LogP contribution in [0.4, 0.5) is 0 Å². The predicted octanol–water partition coefficient (Wildman–Crippen LogP) is 0.407. The van der Waals surface area contributed by atoms with Gasteiger partial charge in [0.1, 0.15) is 0 Å². The molecule has 0 aromatic rings. The molecule has 2 aliphatic heterocycles. The molecule has 0 saturated carbocycles. The number of nitrogens with zero attached hydrogens (tertiary/aromatic N) is 1. The zero-order chi connectivity index (χ0) is 13.3. The van der Waals surface area contributed by atoms with Gasteiger partial charge in [-0.15, -0.1) is 0 Å². The van der Waals surface area contributed by atoms with E-state index < -0.39 is 10.2 Å². The van der Waals surface area contributed by atoms with E-state index >= 15 is 0 Å². The molecule has 0 bridgehead atoms. The summed E-state index contributed by atoms with van der Waals surface area (Å²) in [5, 5.41) is 3.37. The summed E-state index contributed by atoms with van der Waals surface area (Å²) in [6.07, 6.45) is 0.894. The molecule has 2 N–H and O–H groups in total. The minimum atomic E-state index is -3.30. The Bertz CT molecular complexity index is 383. The fourth-order valence-corrected chi connectivity index (χ4v) is 4.88. The summed E-state index contributed by atoms with van der Waals surface area (Å²) in [6.45, 7) is 9.21. The van der Waals surface area contributed by atoms with Crippen molar-refractivity contribution in [3.63, 3.8) is 0 Å². The second-order valence-corrected chi connectivity index (χ2v) is 7.58. The Morgan fingerprint density at radius 1 is 1.39 bits per heavy atom. The van der Waals surface area contributed by atoms with E-state index in [0.29, 0.717) is 30.8 Å². The number of nitrogens with one attached hydrogen (secondary N) is 2. The monoisotopic (exact) mass is 275 g/mol. The van der Waals surface area contributed by atoms with Crippen molar-refractivity contribution in [1.29, 1.82) is 0 Å². The van der Waals surface area contributed by atoms with Gasteiger partial charge >= 0.3 is 0 Å². The summed E-state index contributed by atoms with van der Waals surface area (Å²) in [5.74, 6) is 1.32. The molecular formula is C12H25N3O2S. The first-order valence-electron chi connectivity index (χ1n) is 6.92. The molecule has 6 heteroatoms. The largest absolute Gasteiger partial charge is 0.316 e. The van der Waals surface area contributed by atoms with Gasteiger partial charge in [-0.1, -0.05) is 20.8 Å². The SMILES string of the molecule is CCC1C2CNCC2CN1S(=O)(=O)NCC(C)C. The normalized spacial score (nSPS) is 33.2. The summed E-state index contributed by atoms with van der Waals surface area (Å²) in [6, 6.07) is 0.162. The molecule has 0 radical (unpaired) electrons. The highest BCUT2D eigenvalue weighted by Gasteiger charge is 2.47. The van der Waals surface area contributed by atoms with Crippen molar-refractivity contribution in [2.75, 3.05) is 26.2 Å². The van der Waals surface area contributed by atoms with Gasteiger partial charge in [0.05, 0.1) is 0 Å². The molecule has 3 unspecified atom stereocenters. The van der Waals surface area contributed by atoms with Crippen LogP contribution in [0.2, 0.25) is 0 Å². The molecule has 5 nitrogen and oxygen atoms in total. The van der Waals surface area contributed by atoms with E-state index in [0.717, 1.165) is 19.5 Å². The van der Waals surface area contributed by atoms with Crippen LogP contribution in [0.3, 0.4) is 0 Å². The van der Waals surface area contributed by atoms with E-state index in [2.05, 4.69) is 17.0 Å². The van der Waals surface area contributed by atoms with Crippen molar-refractivity contribution < 1.29 is 8.42 Å². The van der Waals surface area contributed by atoms with Gasteiger partial charge in [-0.25, -0.2) is 4.72 Å². The molecule has 2 saturated heterocycles. The van der Waals surface area contributed by atoms with Gasteiger partial charge < -0.3 is 5.32 Å². The first-order chi connectivity index (χ1) is 8.45. The van der Waals surface area contributed by atoms with Crippen molar-refractivity contribution in [2.24, 2.45) is 17.8 Å². The first-order valence-corrected chi connectivity index (χ1v) is 8.36. The highest BCUT2D eigenvalue weighted by Crippen LogP contribution is 2.35. The molecule has 2 rings (SSSR count). The molecule has 2 fully saturated rings. The van der Waals surface area contributed by atoms with E-state index in [9.17, 15) is 8.42 Å². The Labute approximate surface area is 110 Å². The Morgan fingerprint density at radius 3 is 2.72 bits per heavy atom. The van der Waals surface area contributed by atoms with Crippen molar-refractivity contribution in [1.82, 2.24) is 14.3 Å². The summed E-state index contributed by atoms with van der Waals surface area (Å²) >= 11 is 0. The second-order valence-electron chi connectivity index (χ2n) is 5.87. The fourth-order valence-electron chi connectivity index (χ4n) is 3.12. The molecule has 0 amide bonds. The topological polar surface area (TPSA) is 61.4 Å². The van der Waals surface area contributed by atoms with Gasteiger partial charge in [0, 0.05) is 19.1 Å². The van der Waals surface area contributed by atoms with Crippen LogP contribution in [0.25, 0.3) is 0 Å². The molecule has 0 aromatic heterocycles. The maximum Gasteiger partial charge on any atom is 0.279 e. The van der Waals surface area contributed by atoms with Crippen molar-refractivity contribution in [2.45, 2.75) is 33.2 Å². The molecule has 3 atom stereocenters. The zero-order valence-corrected chi connectivity index (χ0v) is 12.3. The maximum absolute atomic E-state index is 12.3. The number of rotatable bonds is 5. The minimum Gasteiger partial charge on any atom is -0.316 e. The third-order valence-electron chi connectivity index (χ3n) is 4.07. The molecule has 0 spiro atoms. The lowest BCUT2D eigenvalue weighted by Crippen LogP contribution is -2.46. The molecular weight excluding hydrogens is 250 g/mol. The van der Waals surface area contributed by atoms with Crippen LogP contribution in [0.5, 0.6) is 0 Å².